The van der Waals surface area contributed by atoms with Crippen molar-refractivity contribution >= 4 is 22.9 Å². The number of rotatable bonds is 4. The third-order valence-electron chi connectivity index (χ3n) is 4.80. The van der Waals surface area contributed by atoms with Crippen LogP contribution in [-0.4, -0.2) is 40.1 Å². The molecule has 3 N–H and O–H groups in total. The number of carbonyl (C=O) groups is 2. The molecule has 1 aromatic carbocycles. The van der Waals surface area contributed by atoms with E-state index in [9.17, 15) is 14.7 Å². The molecule has 134 valence electrons. The molecule has 0 radical (unpaired) electrons. The molecule has 1 atom stereocenters. The van der Waals surface area contributed by atoms with E-state index in [1.165, 1.54) is 11.2 Å². The number of urea groups is 1. The predicted molar refractivity (Wildman–Crippen MR) is 94.9 cm³/mol. The molecule has 1 unspecified atom stereocenters. The maximum Gasteiger partial charge on any atom is 0.331 e. The number of aromatic amines is 1. The second kappa shape index (κ2) is 6.59. The fraction of sp³-hybridized carbons (Fsp3) is 0.263. The minimum Gasteiger partial charge on any atom is -0.479 e. The van der Waals surface area contributed by atoms with E-state index in [2.05, 4.69) is 10.3 Å². The molecule has 1 aliphatic rings. The highest BCUT2D eigenvalue weighted by atomic mass is 16.4. The number of carboxylic acid groups (broad SMARTS) is 1. The molecule has 0 saturated carbocycles. The Kier molecular flexibility index (Phi) is 4.12. The Balaban J connectivity index is 1.43. The van der Waals surface area contributed by atoms with Gasteiger partial charge in [-0.15, -0.1) is 0 Å². The number of benzene rings is 1. The summed E-state index contributed by atoms with van der Waals surface area (Å²) in [7, 11) is 0. The molecule has 4 rings (SSSR count). The molecule has 3 aromatic rings. The van der Waals surface area contributed by atoms with Crippen LogP contribution in [0, 0.1) is 0 Å². The molecule has 2 aromatic heterocycles. The zero-order valence-corrected chi connectivity index (χ0v) is 14.1. The Hall–Kier alpha value is -3.22. The van der Waals surface area contributed by atoms with Gasteiger partial charge in [-0.2, -0.15) is 0 Å². The molecule has 26 heavy (non-hydrogen) atoms. The lowest BCUT2D eigenvalue weighted by molar-refractivity contribution is -0.142. The van der Waals surface area contributed by atoms with Crippen molar-refractivity contribution in [3.63, 3.8) is 0 Å². The summed E-state index contributed by atoms with van der Waals surface area (Å²) in [6, 6.07) is 8.28. The number of carboxylic acids is 1. The van der Waals surface area contributed by atoms with E-state index in [0.717, 1.165) is 16.5 Å². The number of hydrogen-bond acceptors (Lipinski definition) is 3. The van der Waals surface area contributed by atoms with Gasteiger partial charge in [0.2, 0.25) is 0 Å². The number of aliphatic carboxylic acids is 1. The molecule has 0 bridgehead atoms. The van der Waals surface area contributed by atoms with Gasteiger partial charge in [0.1, 0.15) is 5.76 Å². The topological polar surface area (TPSA) is 98.6 Å². The Bertz CT molecular complexity index is 959. The van der Waals surface area contributed by atoms with Crippen molar-refractivity contribution in [2.75, 3.05) is 13.1 Å². The van der Waals surface area contributed by atoms with E-state index in [1.807, 2.05) is 30.5 Å². The molecule has 3 heterocycles. The van der Waals surface area contributed by atoms with Gasteiger partial charge in [-0.25, -0.2) is 9.59 Å². The number of furan rings is 1. The van der Waals surface area contributed by atoms with Crippen LogP contribution >= 0.6 is 0 Å². The average Bonchev–Trinajstić information content (AvgIpc) is 3.29. The smallest absolute Gasteiger partial charge is 0.331 e. The molecule has 0 saturated heterocycles. The fourth-order valence-electron chi connectivity index (χ4n) is 3.57. The first-order valence-corrected chi connectivity index (χ1v) is 8.53. The van der Waals surface area contributed by atoms with Crippen LogP contribution in [0.5, 0.6) is 0 Å². The minimum atomic E-state index is -1.06. The SMILES string of the molecule is O=C(O)C1c2ccoc2CCN1C(=O)NCCc1cccc2cc[nH]c12. The summed E-state index contributed by atoms with van der Waals surface area (Å²) in [5.41, 5.74) is 2.72. The minimum absolute atomic E-state index is 0.315. The van der Waals surface area contributed by atoms with Gasteiger partial charge in [-0.3, -0.25) is 0 Å². The van der Waals surface area contributed by atoms with E-state index < -0.39 is 12.0 Å². The number of H-pyrrole nitrogens is 1. The van der Waals surface area contributed by atoms with Crippen molar-refractivity contribution in [1.29, 1.82) is 0 Å². The summed E-state index contributed by atoms with van der Waals surface area (Å²) < 4.78 is 5.31. The lowest BCUT2D eigenvalue weighted by Gasteiger charge is -2.32. The monoisotopic (exact) mass is 353 g/mol. The molecule has 0 spiro atoms. The van der Waals surface area contributed by atoms with Crippen LogP contribution < -0.4 is 5.32 Å². The number of nitrogens with zero attached hydrogens (tertiary/aromatic N) is 1. The second-order valence-electron chi connectivity index (χ2n) is 6.32. The lowest BCUT2D eigenvalue weighted by Crippen LogP contribution is -2.48. The van der Waals surface area contributed by atoms with Crippen LogP contribution in [0.15, 0.2) is 47.2 Å². The van der Waals surface area contributed by atoms with E-state index in [1.54, 1.807) is 6.07 Å². The number of carbonyl (C=O) groups excluding carboxylic acids is 1. The standard InChI is InChI=1S/C19H19N3O4/c23-18(24)17-14-7-11-26-15(14)6-10-22(17)19(25)21-9-5-13-3-1-2-12-4-8-20-16(12)13/h1-4,7-8,11,17,20H,5-6,9-10H2,(H,21,25)(H,23,24). The average molecular weight is 353 g/mol. The highest BCUT2D eigenvalue weighted by molar-refractivity contribution is 5.85. The molecule has 0 aliphatic carbocycles. The van der Waals surface area contributed by atoms with E-state index >= 15 is 0 Å². The van der Waals surface area contributed by atoms with Gasteiger partial charge in [0.15, 0.2) is 6.04 Å². The van der Waals surface area contributed by atoms with Gasteiger partial charge in [0.25, 0.3) is 0 Å². The number of amides is 2. The number of para-hydroxylation sites is 1. The first-order valence-electron chi connectivity index (χ1n) is 8.53. The van der Waals surface area contributed by atoms with Crippen molar-refractivity contribution in [3.8, 4) is 0 Å². The Morgan fingerprint density at radius 1 is 1.31 bits per heavy atom. The Labute approximate surface area is 149 Å². The van der Waals surface area contributed by atoms with Crippen LogP contribution in [0.3, 0.4) is 0 Å². The summed E-state index contributed by atoms with van der Waals surface area (Å²) in [6.07, 6.45) is 4.53. The van der Waals surface area contributed by atoms with E-state index in [4.69, 9.17) is 4.42 Å². The summed E-state index contributed by atoms with van der Waals surface area (Å²) in [6.45, 7) is 0.744. The highest BCUT2D eigenvalue weighted by Gasteiger charge is 2.37. The molecule has 1 aliphatic heterocycles. The molecule has 7 heteroatoms. The van der Waals surface area contributed by atoms with Crippen molar-refractivity contribution in [2.24, 2.45) is 0 Å². The third kappa shape index (κ3) is 2.81. The van der Waals surface area contributed by atoms with Crippen LogP contribution in [0.25, 0.3) is 10.9 Å². The van der Waals surface area contributed by atoms with E-state index in [-0.39, 0.29) is 6.03 Å². The van der Waals surface area contributed by atoms with Gasteiger partial charge < -0.3 is 24.7 Å². The van der Waals surface area contributed by atoms with Crippen molar-refractivity contribution in [1.82, 2.24) is 15.2 Å². The van der Waals surface area contributed by atoms with Gasteiger partial charge >= 0.3 is 12.0 Å². The number of aromatic nitrogens is 1. The Morgan fingerprint density at radius 2 is 2.19 bits per heavy atom. The van der Waals surface area contributed by atoms with Crippen LogP contribution in [0.4, 0.5) is 4.79 Å². The van der Waals surface area contributed by atoms with Gasteiger partial charge in [-0.05, 0) is 29.5 Å². The largest absolute Gasteiger partial charge is 0.479 e. The number of fused-ring (bicyclic) bond motifs is 2. The highest BCUT2D eigenvalue weighted by Crippen LogP contribution is 2.30. The maximum absolute atomic E-state index is 12.6. The normalized spacial score (nSPS) is 16.5. The lowest BCUT2D eigenvalue weighted by atomic mass is 10.00. The quantitative estimate of drug-likeness (QED) is 0.671. The van der Waals surface area contributed by atoms with Crippen molar-refractivity contribution in [2.45, 2.75) is 18.9 Å². The first kappa shape index (κ1) is 16.3. The summed E-state index contributed by atoms with van der Waals surface area (Å²) in [5, 5.41) is 13.5. The fourth-order valence-corrected chi connectivity index (χ4v) is 3.57. The first-order chi connectivity index (χ1) is 12.6. The molecule has 0 fully saturated rings. The number of hydrogen-bond donors (Lipinski definition) is 3. The van der Waals surface area contributed by atoms with Crippen molar-refractivity contribution < 1.29 is 19.1 Å². The van der Waals surface area contributed by atoms with Gasteiger partial charge in [-0.1, -0.05) is 18.2 Å². The summed E-state index contributed by atoms with van der Waals surface area (Å²) >= 11 is 0. The molecular weight excluding hydrogens is 334 g/mol. The van der Waals surface area contributed by atoms with Crippen LogP contribution in [0.1, 0.15) is 22.9 Å². The third-order valence-corrected chi connectivity index (χ3v) is 4.80. The zero-order chi connectivity index (χ0) is 18.1. The zero-order valence-electron chi connectivity index (χ0n) is 14.1. The Morgan fingerprint density at radius 3 is 3.04 bits per heavy atom. The van der Waals surface area contributed by atoms with E-state index in [0.29, 0.717) is 37.3 Å². The van der Waals surface area contributed by atoms with Crippen LogP contribution in [-0.2, 0) is 17.6 Å². The summed E-state index contributed by atoms with van der Waals surface area (Å²) in [4.78, 5) is 28.8. The predicted octanol–water partition coefficient (Wildman–Crippen LogP) is 2.70. The molecule has 7 nitrogen and oxygen atoms in total. The maximum atomic E-state index is 12.6. The molecular formula is C19H19N3O4. The van der Waals surface area contributed by atoms with Gasteiger partial charge in [0.05, 0.1) is 6.26 Å². The number of nitrogens with one attached hydrogen (secondary N) is 2. The molecule has 2 amide bonds. The second-order valence-corrected chi connectivity index (χ2v) is 6.32. The van der Waals surface area contributed by atoms with Crippen LogP contribution in [0.2, 0.25) is 0 Å². The van der Waals surface area contributed by atoms with Crippen molar-refractivity contribution in [3.05, 3.63) is 59.7 Å². The van der Waals surface area contributed by atoms with Gasteiger partial charge in [0, 0.05) is 36.8 Å². The summed E-state index contributed by atoms with van der Waals surface area (Å²) in [5.74, 6) is -0.418.